The number of anilines is 1. The number of phenols is 2. The normalized spacial score (nSPS) is 21.8. The molecular formula is C23H31N5O3. The maximum absolute atomic E-state index is 12.6. The molecule has 0 spiro atoms. The number of hydrogen-bond donors (Lipinski definition) is 5. The molecule has 2 aliphatic rings. The minimum absolute atomic E-state index is 0.0467. The largest absolute Gasteiger partial charge is 0.508 e. The first kappa shape index (κ1) is 21.4. The van der Waals surface area contributed by atoms with E-state index in [1.54, 1.807) is 11.0 Å². The van der Waals surface area contributed by atoms with Gasteiger partial charge in [0.2, 0.25) is 0 Å². The van der Waals surface area contributed by atoms with Gasteiger partial charge in [0.1, 0.15) is 17.7 Å². The van der Waals surface area contributed by atoms with Gasteiger partial charge in [0.05, 0.1) is 0 Å². The molecule has 2 fully saturated rings. The summed E-state index contributed by atoms with van der Waals surface area (Å²) in [5, 5.41) is 24.2. The van der Waals surface area contributed by atoms with Crippen molar-refractivity contribution in [2.45, 2.75) is 44.9 Å². The lowest BCUT2D eigenvalue weighted by Gasteiger charge is -2.25. The van der Waals surface area contributed by atoms with E-state index in [9.17, 15) is 15.0 Å². The summed E-state index contributed by atoms with van der Waals surface area (Å²) in [6.45, 7) is 6.90. The van der Waals surface area contributed by atoms with Gasteiger partial charge in [0.15, 0.2) is 0 Å². The first-order chi connectivity index (χ1) is 14.8. The summed E-state index contributed by atoms with van der Waals surface area (Å²) in [6.07, 6.45) is 0.563. The molecule has 2 aromatic carbocycles. The molecule has 2 saturated heterocycles. The zero-order valence-corrected chi connectivity index (χ0v) is 18.2. The molecule has 8 heteroatoms. The van der Waals surface area contributed by atoms with Crippen LogP contribution in [0, 0.1) is 0 Å². The minimum Gasteiger partial charge on any atom is -0.508 e. The molecule has 2 aliphatic heterocycles. The van der Waals surface area contributed by atoms with Gasteiger partial charge >= 0.3 is 6.03 Å². The molecule has 2 amide bonds. The molecule has 2 atom stereocenters. The van der Waals surface area contributed by atoms with Crippen molar-refractivity contribution < 1.29 is 15.0 Å². The molecule has 2 unspecified atom stereocenters. The molecule has 0 bridgehead atoms. The van der Waals surface area contributed by atoms with E-state index in [4.69, 9.17) is 0 Å². The van der Waals surface area contributed by atoms with Crippen LogP contribution >= 0.6 is 0 Å². The number of amides is 2. The van der Waals surface area contributed by atoms with Crippen LogP contribution in [0.15, 0.2) is 36.4 Å². The minimum atomic E-state index is -0.594. The van der Waals surface area contributed by atoms with Gasteiger partial charge in [-0.3, -0.25) is 10.3 Å². The predicted molar refractivity (Wildman–Crippen MR) is 120 cm³/mol. The van der Waals surface area contributed by atoms with Crippen molar-refractivity contribution >= 4 is 11.7 Å². The molecule has 0 aromatic heterocycles. The summed E-state index contributed by atoms with van der Waals surface area (Å²) in [6, 6.07) is 11.1. The number of hydrogen-bond acceptors (Lipinski definition) is 6. The van der Waals surface area contributed by atoms with Crippen molar-refractivity contribution in [2.75, 3.05) is 25.0 Å². The number of aromatic hydroxyl groups is 2. The summed E-state index contributed by atoms with van der Waals surface area (Å²) in [7, 11) is 2.14. The Morgan fingerprint density at radius 2 is 1.90 bits per heavy atom. The van der Waals surface area contributed by atoms with E-state index < -0.39 is 6.17 Å². The van der Waals surface area contributed by atoms with Crippen LogP contribution in [-0.4, -0.2) is 47.3 Å². The number of likely N-dealkylation sites (tertiary alicyclic amines) is 1. The van der Waals surface area contributed by atoms with E-state index in [2.05, 4.69) is 28.1 Å². The van der Waals surface area contributed by atoms with Crippen LogP contribution in [0.5, 0.6) is 11.5 Å². The molecule has 0 radical (unpaired) electrons. The van der Waals surface area contributed by atoms with E-state index >= 15 is 0 Å². The summed E-state index contributed by atoms with van der Waals surface area (Å²) < 4.78 is 0. The molecular weight excluding hydrogens is 394 g/mol. The Morgan fingerprint density at radius 1 is 1.16 bits per heavy atom. The Morgan fingerprint density at radius 3 is 2.55 bits per heavy atom. The first-order valence-corrected chi connectivity index (χ1v) is 10.7. The van der Waals surface area contributed by atoms with Crippen LogP contribution in [-0.2, 0) is 6.54 Å². The van der Waals surface area contributed by atoms with Gasteiger partial charge in [-0.25, -0.2) is 10.2 Å². The number of carbonyl (C=O) groups excluding carboxylic acids is 1. The maximum Gasteiger partial charge on any atom is 0.337 e. The van der Waals surface area contributed by atoms with E-state index in [1.165, 1.54) is 6.07 Å². The predicted octanol–water partition coefficient (Wildman–Crippen LogP) is 2.75. The topological polar surface area (TPSA) is 100 Å². The Hall–Kier alpha value is -2.81. The van der Waals surface area contributed by atoms with Crippen molar-refractivity contribution in [1.82, 2.24) is 21.1 Å². The summed E-state index contributed by atoms with van der Waals surface area (Å²) >= 11 is 0. The van der Waals surface area contributed by atoms with Crippen LogP contribution in [0.3, 0.4) is 0 Å². The molecule has 4 rings (SSSR count). The van der Waals surface area contributed by atoms with Crippen molar-refractivity contribution in [3.63, 3.8) is 0 Å². The Balaban J connectivity index is 1.53. The van der Waals surface area contributed by atoms with Gasteiger partial charge < -0.3 is 20.4 Å². The van der Waals surface area contributed by atoms with Crippen molar-refractivity contribution in [1.29, 1.82) is 0 Å². The van der Waals surface area contributed by atoms with Crippen LogP contribution in [0.2, 0.25) is 0 Å². The lowest BCUT2D eigenvalue weighted by molar-refractivity contribution is 0.250. The van der Waals surface area contributed by atoms with Gasteiger partial charge in [0.25, 0.3) is 0 Å². The molecule has 0 aliphatic carbocycles. The van der Waals surface area contributed by atoms with E-state index in [-0.39, 0.29) is 23.4 Å². The van der Waals surface area contributed by atoms with Crippen molar-refractivity contribution in [3.05, 3.63) is 53.1 Å². The third-order valence-electron chi connectivity index (χ3n) is 6.09. The fourth-order valence-corrected chi connectivity index (χ4v) is 4.29. The molecule has 2 aromatic rings. The number of nitrogens with one attached hydrogen (secondary N) is 3. The quantitative estimate of drug-likeness (QED) is 0.488. The second kappa shape index (κ2) is 8.74. The smallest absolute Gasteiger partial charge is 0.337 e. The molecule has 2 heterocycles. The maximum atomic E-state index is 12.6. The van der Waals surface area contributed by atoms with E-state index in [1.807, 2.05) is 38.1 Å². The van der Waals surface area contributed by atoms with Gasteiger partial charge in [0, 0.05) is 36.4 Å². The number of likely N-dealkylation sites (N-methyl/N-ethyl adjacent to an activating group) is 1. The second-order valence-electron chi connectivity index (χ2n) is 8.77. The fourth-order valence-electron chi connectivity index (χ4n) is 4.29. The molecule has 166 valence electrons. The van der Waals surface area contributed by atoms with Gasteiger partial charge in [-0.1, -0.05) is 26.0 Å². The molecule has 0 saturated carbocycles. The highest BCUT2D eigenvalue weighted by Crippen LogP contribution is 2.38. The Bertz CT molecular complexity index is 947. The highest BCUT2D eigenvalue weighted by Gasteiger charge is 2.35. The number of nitrogens with zero attached hydrogens (tertiary/aromatic N) is 2. The SMILES string of the molecule is CC(C)c1cc(C2NNC(=O)N2c2ccc(CNC3CCN(C)C3)cc2)c(O)cc1O. The van der Waals surface area contributed by atoms with Crippen LogP contribution in [0.1, 0.15) is 49.0 Å². The lowest BCUT2D eigenvalue weighted by Crippen LogP contribution is -2.31. The Kier molecular flexibility index (Phi) is 6.04. The van der Waals surface area contributed by atoms with E-state index in [0.29, 0.717) is 17.2 Å². The number of urea groups is 1. The molecule has 8 nitrogen and oxygen atoms in total. The summed E-state index contributed by atoms with van der Waals surface area (Å²) in [5.41, 5.74) is 8.69. The number of hydrazine groups is 1. The Labute approximate surface area is 182 Å². The van der Waals surface area contributed by atoms with Crippen LogP contribution in [0.4, 0.5) is 10.5 Å². The zero-order chi connectivity index (χ0) is 22.1. The molecule has 5 N–H and O–H groups in total. The fraction of sp³-hybridized carbons (Fsp3) is 0.435. The monoisotopic (exact) mass is 425 g/mol. The van der Waals surface area contributed by atoms with Gasteiger partial charge in [-0.05, 0) is 55.3 Å². The summed E-state index contributed by atoms with van der Waals surface area (Å²) in [5.74, 6) is 0.0537. The van der Waals surface area contributed by atoms with Crippen LogP contribution < -0.4 is 21.1 Å². The van der Waals surface area contributed by atoms with Gasteiger partial charge in [-0.15, -0.1) is 0 Å². The van der Waals surface area contributed by atoms with Gasteiger partial charge in [-0.2, -0.15) is 0 Å². The lowest BCUT2D eigenvalue weighted by atomic mass is 9.97. The van der Waals surface area contributed by atoms with Crippen LogP contribution in [0.25, 0.3) is 0 Å². The molecule has 31 heavy (non-hydrogen) atoms. The standard InChI is InChI=1S/C23H31N5O3/c1-14(2)18-10-19(21(30)11-20(18)29)22-25-26-23(31)28(22)17-6-4-15(5-7-17)12-24-16-8-9-27(3)13-16/h4-7,10-11,14,16,22,24-25,29-30H,8-9,12-13H2,1-3H3,(H,26,31). The first-order valence-electron chi connectivity index (χ1n) is 10.7. The number of phenolic OH excluding ortho intramolecular Hbond substituents is 2. The van der Waals surface area contributed by atoms with Crippen molar-refractivity contribution in [2.24, 2.45) is 0 Å². The van der Waals surface area contributed by atoms with Crippen molar-refractivity contribution in [3.8, 4) is 11.5 Å². The third-order valence-corrected chi connectivity index (χ3v) is 6.09. The third kappa shape index (κ3) is 4.46. The number of rotatable bonds is 6. The van der Waals surface area contributed by atoms with E-state index in [0.717, 1.165) is 37.3 Å². The summed E-state index contributed by atoms with van der Waals surface area (Å²) in [4.78, 5) is 16.5. The average Bonchev–Trinajstić information content (AvgIpc) is 3.32. The highest BCUT2D eigenvalue weighted by molar-refractivity contribution is 5.94. The number of benzene rings is 2. The zero-order valence-electron chi connectivity index (χ0n) is 18.2. The second-order valence-corrected chi connectivity index (χ2v) is 8.77. The average molecular weight is 426 g/mol. The number of carbonyl (C=O) groups is 1. The highest BCUT2D eigenvalue weighted by atomic mass is 16.3.